The van der Waals surface area contributed by atoms with Crippen molar-refractivity contribution in [2.75, 3.05) is 11.9 Å². The topological polar surface area (TPSA) is 137 Å². The molecule has 47 heavy (non-hydrogen) atoms. The van der Waals surface area contributed by atoms with Crippen LogP contribution in [0.25, 0.3) is 11.2 Å². The van der Waals surface area contributed by atoms with Gasteiger partial charge in [0.05, 0.1) is 31.5 Å². The number of fused-ring (bicyclic) bond motifs is 1. The summed E-state index contributed by atoms with van der Waals surface area (Å²) in [5, 5.41) is 12.0. The van der Waals surface area contributed by atoms with E-state index in [0.717, 1.165) is 0 Å². The van der Waals surface area contributed by atoms with E-state index < -0.39 is 35.3 Å². The van der Waals surface area contributed by atoms with E-state index in [1.807, 2.05) is 22.8 Å². The Morgan fingerprint density at radius 3 is 2.40 bits per heavy atom. The molecular formula is C33H50N7O5PSi. The van der Waals surface area contributed by atoms with Gasteiger partial charge in [0.15, 0.2) is 31.5 Å². The number of carbonyl (C=O) groups excluding carboxylic acids is 1. The molecule has 0 radical (unpaired) electrons. The molecule has 14 heteroatoms. The van der Waals surface area contributed by atoms with Gasteiger partial charge in [0, 0.05) is 17.6 Å². The quantitative estimate of drug-likeness (QED) is 0.104. The highest BCUT2D eigenvalue weighted by Gasteiger charge is 2.53. The Kier molecular flexibility index (Phi) is 12.3. The summed E-state index contributed by atoms with van der Waals surface area (Å²) < 4.78 is 31.4. The Balaban J connectivity index is 1.76. The lowest BCUT2D eigenvalue weighted by molar-refractivity contribution is -0.0324. The lowest BCUT2D eigenvalue weighted by Gasteiger charge is -2.42. The lowest BCUT2D eigenvalue weighted by Crippen LogP contribution is -2.49. The van der Waals surface area contributed by atoms with Crippen molar-refractivity contribution < 1.29 is 23.0 Å². The summed E-state index contributed by atoms with van der Waals surface area (Å²) in [6.45, 7) is 21.8. The molecule has 1 aliphatic heterocycles. The molecule has 0 saturated carbocycles. The molecule has 5 atom stereocenters. The molecule has 2 aromatic heterocycles. The van der Waals surface area contributed by atoms with Gasteiger partial charge in [-0.1, -0.05) is 45.9 Å². The molecule has 256 valence electrons. The van der Waals surface area contributed by atoms with Gasteiger partial charge in [0.1, 0.15) is 18.5 Å². The number of ether oxygens (including phenoxy) is 1. The molecule has 1 saturated heterocycles. The molecule has 0 aliphatic carbocycles. The average molecular weight is 684 g/mol. The normalized spacial score (nSPS) is 21.1. The van der Waals surface area contributed by atoms with Crippen LogP contribution in [0.5, 0.6) is 0 Å². The minimum absolute atomic E-state index is 0.0869. The summed E-state index contributed by atoms with van der Waals surface area (Å²) in [5.41, 5.74) is 1.46. The van der Waals surface area contributed by atoms with Crippen molar-refractivity contribution in [1.82, 2.24) is 24.2 Å². The summed E-state index contributed by atoms with van der Waals surface area (Å²) in [4.78, 5) is 26.6. The zero-order valence-electron chi connectivity index (χ0n) is 29.3. The van der Waals surface area contributed by atoms with E-state index in [9.17, 15) is 10.1 Å². The van der Waals surface area contributed by atoms with Gasteiger partial charge < -0.3 is 23.5 Å². The van der Waals surface area contributed by atoms with Gasteiger partial charge in [0.2, 0.25) is 0 Å². The molecule has 0 bridgehead atoms. The third kappa shape index (κ3) is 8.43. The number of nitrogens with zero attached hydrogens (tertiary/aromatic N) is 6. The molecule has 12 nitrogen and oxygen atoms in total. The molecule has 1 unspecified atom stereocenters. The number of nitriles is 1. The number of imidazole rings is 1. The maximum absolute atomic E-state index is 13.0. The van der Waals surface area contributed by atoms with Gasteiger partial charge in [-0.25, -0.2) is 19.6 Å². The van der Waals surface area contributed by atoms with Crippen LogP contribution < -0.4 is 5.32 Å². The fourth-order valence-corrected chi connectivity index (χ4v) is 8.38. The van der Waals surface area contributed by atoms with E-state index in [2.05, 4.69) is 99.5 Å². The first kappa shape index (κ1) is 37.0. The first-order valence-corrected chi connectivity index (χ1v) is 20.4. The molecule has 1 amide bonds. The first-order valence-electron chi connectivity index (χ1n) is 16.3. The second-order valence-corrected chi connectivity index (χ2v) is 20.0. The van der Waals surface area contributed by atoms with Crippen LogP contribution in [0.3, 0.4) is 0 Å². The van der Waals surface area contributed by atoms with Crippen molar-refractivity contribution in [3.05, 3.63) is 48.5 Å². The molecular weight excluding hydrogens is 633 g/mol. The third-order valence-corrected chi connectivity index (χ3v) is 15.3. The number of hydrogen-bond acceptors (Lipinski definition) is 10. The number of benzene rings is 1. The minimum Gasteiger partial charge on any atom is -0.407 e. The van der Waals surface area contributed by atoms with Gasteiger partial charge in [-0.15, -0.1) is 0 Å². The summed E-state index contributed by atoms with van der Waals surface area (Å²) in [5.74, 6) is 0.0155. The van der Waals surface area contributed by atoms with Crippen molar-refractivity contribution >= 4 is 39.7 Å². The molecule has 0 spiro atoms. The summed E-state index contributed by atoms with van der Waals surface area (Å²) in [6.07, 6.45) is 2.06. The number of hydrogen-bond donors (Lipinski definition) is 1. The summed E-state index contributed by atoms with van der Waals surface area (Å²) >= 11 is 0. The summed E-state index contributed by atoms with van der Waals surface area (Å²) in [6, 6.07) is 11.4. The highest BCUT2D eigenvalue weighted by molar-refractivity contribution is 7.44. The maximum atomic E-state index is 13.0. The van der Waals surface area contributed by atoms with Gasteiger partial charge in [-0.05, 0) is 64.4 Å². The van der Waals surface area contributed by atoms with Gasteiger partial charge in [0.25, 0.3) is 14.4 Å². The van der Waals surface area contributed by atoms with Crippen LogP contribution in [-0.2, 0) is 18.2 Å². The van der Waals surface area contributed by atoms with E-state index in [1.54, 1.807) is 18.5 Å². The summed E-state index contributed by atoms with van der Waals surface area (Å²) in [7, 11) is -3.94. The molecule has 3 heterocycles. The van der Waals surface area contributed by atoms with Crippen LogP contribution in [0.1, 0.15) is 84.8 Å². The Hall–Kier alpha value is -2.82. The first-order chi connectivity index (χ1) is 22.2. The molecule has 4 rings (SSSR count). The zero-order chi connectivity index (χ0) is 34.5. The molecule has 1 N–H and O–H groups in total. The lowest BCUT2D eigenvalue weighted by atomic mass is 10.1. The maximum Gasteiger partial charge on any atom is 0.259 e. The SMILES string of the molecule is CC[C@H]1O[C@@H](n2cnc3c(NC(=O)c4ccccc4)ncnc32)[C@H](O[Si](C)(C)C(C)(C)C)[C@@H]1OP(OCCC#N)N(C(C)C)C(C)C. The number of aromatic nitrogens is 4. The Labute approximate surface area is 281 Å². The van der Waals surface area contributed by atoms with Crippen LogP contribution >= 0.6 is 8.53 Å². The Bertz CT molecular complexity index is 1520. The van der Waals surface area contributed by atoms with E-state index in [4.69, 9.17) is 18.2 Å². The second kappa shape index (κ2) is 15.6. The predicted octanol–water partition coefficient (Wildman–Crippen LogP) is 7.44. The van der Waals surface area contributed by atoms with Crippen LogP contribution in [0.4, 0.5) is 5.82 Å². The predicted molar refractivity (Wildman–Crippen MR) is 186 cm³/mol. The zero-order valence-corrected chi connectivity index (χ0v) is 31.2. The van der Waals surface area contributed by atoms with Crippen molar-refractivity contribution in [3.63, 3.8) is 0 Å². The van der Waals surface area contributed by atoms with E-state index in [0.29, 0.717) is 29.0 Å². The number of rotatable bonds is 14. The van der Waals surface area contributed by atoms with E-state index in [-0.39, 0.29) is 42.2 Å². The second-order valence-electron chi connectivity index (χ2n) is 13.8. The monoisotopic (exact) mass is 683 g/mol. The average Bonchev–Trinajstić information content (AvgIpc) is 3.58. The Morgan fingerprint density at radius 1 is 1.13 bits per heavy atom. The molecule has 1 aliphatic rings. The standard InChI is InChI=1S/C33H50N7O5PSi/c1-11-25-27(44-46(42-19-15-18-34)40(22(2)3)23(4)5)28(45-47(9,10)33(6,7)8)32(43-25)39-21-37-26-29(35-20-36-30(26)39)38-31(41)24-16-13-12-14-17-24/h12-14,16-17,20-23,25,27-28,32H,11,15,19H2,1-10H3,(H,35,36,38,41)/t25-,27-,28-,32-,46?/m1/s1. The minimum atomic E-state index is -2.37. The number of nitrogens with one attached hydrogen (secondary N) is 1. The van der Waals surface area contributed by atoms with Crippen LogP contribution in [0.2, 0.25) is 18.1 Å². The number of anilines is 1. The van der Waals surface area contributed by atoms with Crippen molar-refractivity contribution in [1.29, 1.82) is 5.26 Å². The largest absolute Gasteiger partial charge is 0.407 e. The van der Waals surface area contributed by atoms with Crippen molar-refractivity contribution in [2.45, 2.75) is 123 Å². The molecule has 1 aromatic carbocycles. The van der Waals surface area contributed by atoms with Crippen LogP contribution in [0, 0.1) is 11.3 Å². The highest BCUT2D eigenvalue weighted by atomic mass is 31.2. The van der Waals surface area contributed by atoms with Gasteiger partial charge >= 0.3 is 0 Å². The van der Waals surface area contributed by atoms with Gasteiger partial charge in [-0.3, -0.25) is 9.36 Å². The van der Waals surface area contributed by atoms with Crippen molar-refractivity contribution in [3.8, 4) is 6.07 Å². The van der Waals surface area contributed by atoms with E-state index >= 15 is 0 Å². The van der Waals surface area contributed by atoms with Crippen LogP contribution in [-0.4, -0.2) is 75.4 Å². The smallest absolute Gasteiger partial charge is 0.259 e. The number of carbonyl (C=O) groups is 1. The molecule has 1 fully saturated rings. The fraction of sp³-hybridized carbons (Fsp3) is 0.606. The van der Waals surface area contributed by atoms with Crippen molar-refractivity contribution in [2.24, 2.45) is 0 Å². The third-order valence-electron chi connectivity index (χ3n) is 8.70. The van der Waals surface area contributed by atoms with Crippen LogP contribution in [0.15, 0.2) is 43.0 Å². The molecule has 3 aromatic rings. The highest BCUT2D eigenvalue weighted by Crippen LogP contribution is 2.52. The fourth-order valence-electron chi connectivity index (χ4n) is 5.33. The number of amides is 1. The van der Waals surface area contributed by atoms with E-state index in [1.165, 1.54) is 6.33 Å². The van der Waals surface area contributed by atoms with Gasteiger partial charge in [-0.2, -0.15) is 5.26 Å². The Morgan fingerprint density at radius 2 is 1.81 bits per heavy atom.